The molecule has 0 amide bonds. The number of nitrogens with two attached hydrogens (primary N) is 1. The first-order valence-electron chi connectivity index (χ1n) is 4.64. The summed E-state index contributed by atoms with van der Waals surface area (Å²) < 4.78 is 5.44. The third-order valence-corrected chi connectivity index (χ3v) is 2.62. The summed E-state index contributed by atoms with van der Waals surface area (Å²) in [5.41, 5.74) is 7.47. The molecule has 0 aromatic heterocycles. The van der Waals surface area contributed by atoms with Gasteiger partial charge in [-0.1, -0.05) is 17.7 Å². The van der Waals surface area contributed by atoms with Gasteiger partial charge in [-0.3, -0.25) is 5.32 Å². The van der Waals surface area contributed by atoms with E-state index in [1.54, 1.807) is 0 Å². The van der Waals surface area contributed by atoms with E-state index in [9.17, 15) is 0 Å². The number of halogens is 1. The molecule has 3 nitrogen and oxygen atoms in total. The van der Waals surface area contributed by atoms with E-state index in [1.165, 1.54) is 0 Å². The van der Waals surface area contributed by atoms with Crippen molar-refractivity contribution in [3.8, 4) is 0 Å². The molecule has 3 N–H and O–H groups in total. The van der Waals surface area contributed by atoms with Crippen molar-refractivity contribution in [2.24, 2.45) is 0 Å². The normalized spacial score (nSPS) is 21.4. The third-order valence-electron chi connectivity index (χ3n) is 2.27. The van der Waals surface area contributed by atoms with E-state index < -0.39 is 0 Å². The molecule has 0 bridgehead atoms. The number of nitrogen functional groups attached to an aromatic ring is 1. The van der Waals surface area contributed by atoms with Crippen molar-refractivity contribution in [3.05, 3.63) is 28.8 Å². The standard InChI is InChI=1S/C10H13ClN2O/c11-8-2-1-7(5-9(8)12)6-10-13-3-4-14-10/h1-2,5,10,13H,3-4,6,12H2. The molecule has 1 unspecified atom stereocenters. The predicted molar refractivity (Wildman–Crippen MR) is 57.3 cm³/mol. The maximum absolute atomic E-state index is 5.83. The smallest absolute Gasteiger partial charge is 0.112 e. The minimum Gasteiger partial charge on any atom is -0.398 e. The number of anilines is 1. The molecule has 0 aliphatic carbocycles. The summed E-state index contributed by atoms with van der Waals surface area (Å²) in [6.45, 7) is 1.71. The fraction of sp³-hybridized carbons (Fsp3) is 0.400. The average molecular weight is 213 g/mol. The quantitative estimate of drug-likeness (QED) is 0.729. The maximum atomic E-state index is 5.83. The highest BCUT2D eigenvalue weighted by Crippen LogP contribution is 2.20. The molecular formula is C10H13ClN2O. The number of ether oxygens (including phenoxy) is 1. The maximum Gasteiger partial charge on any atom is 0.112 e. The Morgan fingerprint density at radius 3 is 3.07 bits per heavy atom. The van der Waals surface area contributed by atoms with E-state index in [1.807, 2.05) is 18.2 Å². The number of benzene rings is 1. The van der Waals surface area contributed by atoms with Gasteiger partial charge in [-0.05, 0) is 17.7 Å². The Morgan fingerprint density at radius 2 is 2.43 bits per heavy atom. The fourth-order valence-corrected chi connectivity index (χ4v) is 1.66. The first-order chi connectivity index (χ1) is 6.75. The topological polar surface area (TPSA) is 47.3 Å². The van der Waals surface area contributed by atoms with Crippen LogP contribution in [0.2, 0.25) is 5.02 Å². The van der Waals surface area contributed by atoms with Crippen molar-refractivity contribution in [2.45, 2.75) is 12.6 Å². The van der Waals surface area contributed by atoms with Gasteiger partial charge in [0.05, 0.1) is 17.3 Å². The van der Waals surface area contributed by atoms with Gasteiger partial charge in [0.2, 0.25) is 0 Å². The molecule has 1 saturated heterocycles. The molecule has 1 aliphatic rings. The molecule has 0 spiro atoms. The fourth-order valence-electron chi connectivity index (χ4n) is 1.55. The Hall–Kier alpha value is -0.770. The van der Waals surface area contributed by atoms with Gasteiger partial charge >= 0.3 is 0 Å². The summed E-state index contributed by atoms with van der Waals surface area (Å²) in [5, 5.41) is 3.85. The largest absolute Gasteiger partial charge is 0.398 e. The van der Waals surface area contributed by atoms with Gasteiger partial charge in [-0.2, -0.15) is 0 Å². The van der Waals surface area contributed by atoms with E-state index in [0.29, 0.717) is 10.7 Å². The van der Waals surface area contributed by atoms with Crippen LogP contribution < -0.4 is 11.1 Å². The molecule has 1 aliphatic heterocycles. The minimum atomic E-state index is 0.121. The highest BCUT2D eigenvalue weighted by molar-refractivity contribution is 6.33. The van der Waals surface area contributed by atoms with E-state index in [0.717, 1.165) is 25.1 Å². The molecule has 4 heteroatoms. The minimum absolute atomic E-state index is 0.121. The van der Waals surface area contributed by atoms with Gasteiger partial charge in [-0.25, -0.2) is 0 Å². The summed E-state index contributed by atoms with van der Waals surface area (Å²) in [4.78, 5) is 0. The monoisotopic (exact) mass is 212 g/mol. The van der Waals surface area contributed by atoms with Gasteiger partial charge in [0, 0.05) is 13.0 Å². The second-order valence-corrected chi connectivity index (χ2v) is 3.78. The lowest BCUT2D eigenvalue weighted by molar-refractivity contribution is 0.102. The molecule has 76 valence electrons. The van der Waals surface area contributed by atoms with Gasteiger partial charge in [0.1, 0.15) is 6.23 Å². The predicted octanol–water partition coefficient (Wildman–Crippen LogP) is 1.41. The Labute approximate surface area is 88.2 Å². The van der Waals surface area contributed by atoms with Crippen molar-refractivity contribution in [1.29, 1.82) is 0 Å². The number of hydrogen-bond acceptors (Lipinski definition) is 3. The summed E-state index contributed by atoms with van der Waals surface area (Å²) in [5.74, 6) is 0. The molecule has 0 saturated carbocycles. The summed E-state index contributed by atoms with van der Waals surface area (Å²) >= 11 is 5.83. The van der Waals surface area contributed by atoms with Crippen LogP contribution in [0.3, 0.4) is 0 Å². The molecule has 1 atom stereocenters. The summed E-state index contributed by atoms with van der Waals surface area (Å²) in [6.07, 6.45) is 0.956. The van der Waals surface area contributed by atoms with E-state index in [2.05, 4.69) is 5.32 Å². The molecule has 1 fully saturated rings. The van der Waals surface area contributed by atoms with E-state index >= 15 is 0 Å². The van der Waals surface area contributed by atoms with Crippen molar-refractivity contribution in [1.82, 2.24) is 5.32 Å². The van der Waals surface area contributed by atoms with Gasteiger partial charge < -0.3 is 10.5 Å². The van der Waals surface area contributed by atoms with Gasteiger partial charge in [0.25, 0.3) is 0 Å². The Kier molecular flexibility index (Phi) is 2.91. The average Bonchev–Trinajstić information content (AvgIpc) is 2.64. The van der Waals surface area contributed by atoms with Gasteiger partial charge in [-0.15, -0.1) is 0 Å². The number of hydrogen-bond donors (Lipinski definition) is 2. The van der Waals surface area contributed by atoms with Crippen molar-refractivity contribution in [2.75, 3.05) is 18.9 Å². The third kappa shape index (κ3) is 2.18. The SMILES string of the molecule is Nc1cc(CC2NCCO2)ccc1Cl. The molecule has 14 heavy (non-hydrogen) atoms. The zero-order valence-corrected chi connectivity index (χ0v) is 8.55. The van der Waals surface area contributed by atoms with Crippen LogP contribution in [0.1, 0.15) is 5.56 Å². The van der Waals surface area contributed by atoms with E-state index in [4.69, 9.17) is 22.1 Å². The van der Waals surface area contributed by atoms with Crippen LogP contribution in [0.25, 0.3) is 0 Å². The summed E-state index contributed by atoms with van der Waals surface area (Å²) in [6, 6.07) is 5.69. The van der Waals surface area contributed by atoms with Crippen LogP contribution in [-0.4, -0.2) is 19.4 Å². The van der Waals surface area contributed by atoms with Gasteiger partial charge in [0.15, 0.2) is 0 Å². The van der Waals surface area contributed by atoms with Crippen LogP contribution in [0.5, 0.6) is 0 Å². The van der Waals surface area contributed by atoms with Crippen LogP contribution >= 0.6 is 11.6 Å². The summed E-state index contributed by atoms with van der Waals surface area (Å²) in [7, 11) is 0. The first-order valence-corrected chi connectivity index (χ1v) is 5.02. The zero-order chi connectivity index (χ0) is 9.97. The molecule has 1 aromatic carbocycles. The molecule has 0 radical (unpaired) electrons. The second kappa shape index (κ2) is 4.17. The van der Waals surface area contributed by atoms with Crippen LogP contribution in [-0.2, 0) is 11.2 Å². The lowest BCUT2D eigenvalue weighted by Crippen LogP contribution is -2.24. The lowest BCUT2D eigenvalue weighted by atomic mass is 10.1. The van der Waals surface area contributed by atoms with Crippen LogP contribution in [0.4, 0.5) is 5.69 Å². The Bertz CT molecular complexity index is 324. The number of nitrogens with one attached hydrogen (secondary N) is 1. The molecule has 2 rings (SSSR count). The molecular weight excluding hydrogens is 200 g/mol. The van der Waals surface area contributed by atoms with Crippen LogP contribution in [0.15, 0.2) is 18.2 Å². The van der Waals surface area contributed by atoms with Crippen molar-refractivity contribution < 1.29 is 4.74 Å². The number of rotatable bonds is 2. The molecule has 1 aromatic rings. The Balaban J connectivity index is 2.05. The zero-order valence-electron chi connectivity index (χ0n) is 7.79. The molecule has 1 heterocycles. The second-order valence-electron chi connectivity index (χ2n) is 3.37. The van der Waals surface area contributed by atoms with E-state index in [-0.39, 0.29) is 6.23 Å². The van der Waals surface area contributed by atoms with Crippen molar-refractivity contribution in [3.63, 3.8) is 0 Å². The lowest BCUT2D eigenvalue weighted by Gasteiger charge is -2.10. The van der Waals surface area contributed by atoms with Crippen molar-refractivity contribution >= 4 is 17.3 Å². The Morgan fingerprint density at radius 1 is 1.57 bits per heavy atom. The van der Waals surface area contributed by atoms with Crippen LogP contribution in [0, 0.1) is 0 Å². The highest BCUT2D eigenvalue weighted by atomic mass is 35.5. The first kappa shape index (κ1) is 9.77. The highest BCUT2D eigenvalue weighted by Gasteiger charge is 2.14.